The molecule has 5 heteroatoms. The predicted molar refractivity (Wildman–Crippen MR) is 80.8 cm³/mol. The number of anilines is 1. The lowest BCUT2D eigenvalue weighted by atomic mass is 10.1. The molecule has 0 spiro atoms. The second-order valence-electron chi connectivity index (χ2n) is 5.03. The van der Waals surface area contributed by atoms with Gasteiger partial charge < -0.3 is 15.2 Å². The largest absolute Gasteiger partial charge is 0.369 e. The highest BCUT2D eigenvalue weighted by Gasteiger charge is 2.30. The lowest BCUT2D eigenvalue weighted by molar-refractivity contribution is 0.643. The first kappa shape index (κ1) is 12.7. The van der Waals surface area contributed by atoms with Crippen LogP contribution in [0.4, 0.5) is 5.69 Å². The molecule has 0 aliphatic carbocycles. The maximum absolute atomic E-state index is 6.10. The van der Waals surface area contributed by atoms with E-state index in [0.717, 1.165) is 17.9 Å². The van der Waals surface area contributed by atoms with Gasteiger partial charge in [-0.15, -0.1) is 0 Å². The second kappa shape index (κ2) is 5.00. The summed E-state index contributed by atoms with van der Waals surface area (Å²) >= 11 is 0. The van der Waals surface area contributed by atoms with Gasteiger partial charge in [-0.05, 0) is 31.5 Å². The number of rotatable bonds is 3. The van der Waals surface area contributed by atoms with Crippen LogP contribution in [0, 0.1) is 6.92 Å². The molecule has 1 aromatic heterocycles. The third-order valence-electron chi connectivity index (χ3n) is 3.69. The van der Waals surface area contributed by atoms with Crippen LogP contribution in [0.3, 0.4) is 0 Å². The Morgan fingerprint density at radius 2 is 2.25 bits per heavy atom. The molecule has 0 fully saturated rings. The van der Waals surface area contributed by atoms with Gasteiger partial charge in [-0.25, -0.2) is 4.98 Å². The SMILES string of the molecule is CCn1cncc1C1CN=C(N)N1c1cccc(C)c1. The van der Waals surface area contributed by atoms with Crippen molar-refractivity contribution >= 4 is 11.6 Å². The molecule has 0 amide bonds. The molecule has 20 heavy (non-hydrogen) atoms. The van der Waals surface area contributed by atoms with Gasteiger partial charge in [0.1, 0.15) is 0 Å². The molecule has 0 bridgehead atoms. The van der Waals surface area contributed by atoms with Crippen LogP contribution in [0.5, 0.6) is 0 Å². The van der Waals surface area contributed by atoms with Crippen molar-refractivity contribution in [2.75, 3.05) is 11.4 Å². The molecule has 1 aliphatic heterocycles. The highest BCUT2D eigenvalue weighted by atomic mass is 15.3. The average molecular weight is 269 g/mol. The van der Waals surface area contributed by atoms with E-state index in [1.807, 2.05) is 18.6 Å². The van der Waals surface area contributed by atoms with E-state index in [2.05, 4.69) is 51.5 Å². The lowest BCUT2D eigenvalue weighted by Crippen LogP contribution is -2.36. The van der Waals surface area contributed by atoms with Crippen LogP contribution in [0.25, 0.3) is 0 Å². The number of aryl methyl sites for hydroxylation is 2. The van der Waals surface area contributed by atoms with Crippen molar-refractivity contribution < 1.29 is 0 Å². The minimum atomic E-state index is 0.124. The van der Waals surface area contributed by atoms with Gasteiger partial charge in [-0.3, -0.25) is 4.99 Å². The third-order valence-corrected chi connectivity index (χ3v) is 3.69. The van der Waals surface area contributed by atoms with Crippen LogP contribution in [-0.2, 0) is 6.54 Å². The van der Waals surface area contributed by atoms with Crippen molar-refractivity contribution in [2.45, 2.75) is 26.4 Å². The van der Waals surface area contributed by atoms with Crippen molar-refractivity contribution in [3.8, 4) is 0 Å². The summed E-state index contributed by atoms with van der Waals surface area (Å²) in [6, 6.07) is 8.45. The number of benzene rings is 1. The molecule has 2 N–H and O–H groups in total. The maximum Gasteiger partial charge on any atom is 0.196 e. The fourth-order valence-electron chi connectivity index (χ4n) is 2.69. The number of hydrogen-bond acceptors (Lipinski definition) is 4. The fourth-order valence-corrected chi connectivity index (χ4v) is 2.69. The Hall–Kier alpha value is -2.30. The van der Waals surface area contributed by atoms with Gasteiger partial charge in [0, 0.05) is 12.2 Å². The molecule has 2 aromatic rings. The van der Waals surface area contributed by atoms with Crippen LogP contribution < -0.4 is 10.6 Å². The Morgan fingerprint density at radius 1 is 1.40 bits per heavy atom. The smallest absolute Gasteiger partial charge is 0.196 e. The maximum atomic E-state index is 6.10. The molecule has 3 rings (SSSR count). The molecule has 0 radical (unpaired) electrons. The standard InChI is InChI=1S/C15H19N5/c1-3-19-10-17-8-13(19)14-9-18-15(16)20(14)12-6-4-5-11(2)7-12/h4-8,10,14H,3,9H2,1-2H3,(H2,16,18). The summed E-state index contributed by atoms with van der Waals surface area (Å²) in [6.07, 6.45) is 3.77. The van der Waals surface area contributed by atoms with Crippen LogP contribution in [0.2, 0.25) is 0 Å². The zero-order valence-electron chi connectivity index (χ0n) is 11.8. The van der Waals surface area contributed by atoms with Crippen LogP contribution >= 0.6 is 0 Å². The zero-order valence-corrected chi connectivity index (χ0v) is 11.8. The van der Waals surface area contributed by atoms with Gasteiger partial charge in [0.2, 0.25) is 0 Å². The van der Waals surface area contributed by atoms with E-state index in [-0.39, 0.29) is 6.04 Å². The number of hydrogen-bond donors (Lipinski definition) is 1. The third kappa shape index (κ3) is 2.05. The van der Waals surface area contributed by atoms with E-state index < -0.39 is 0 Å². The highest BCUT2D eigenvalue weighted by Crippen LogP contribution is 2.31. The molecule has 104 valence electrons. The Labute approximate surface area is 118 Å². The van der Waals surface area contributed by atoms with Gasteiger partial charge >= 0.3 is 0 Å². The molecule has 1 unspecified atom stereocenters. The minimum Gasteiger partial charge on any atom is -0.369 e. The fraction of sp³-hybridized carbons (Fsp3) is 0.333. The molecule has 1 atom stereocenters. The Morgan fingerprint density at radius 3 is 3.00 bits per heavy atom. The van der Waals surface area contributed by atoms with E-state index in [1.54, 1.807) is 0 Å². The molecule has 0 saturated carbocycles. The average Bonchev–Trinajstić information content (AvgIpc) is 3.04. The zero-order chi connectivity index (χ0) is 14.1. The predicted octanol–water partition coefficient (Wildman–Crippen LogP) is 2.09. The Bertz CT molecular complexity index is 643. The van der Waals surface area contributed by atoms with Gasteiger partial charge in [-0.2, -0.15) is 0 Å². The number of aromatic nitrogens is 2. The summed E-state index contributed by atoms with van der Waals surface area (Å²) in [4.78, 5) is 10.8. The van der Waals surface area contributed by atoms with E-state index in [9.17, 15) is 0 Å². The molecule has 5 nitrogen and oxygen atoms in total. The number of imidazole rings is 1. The minimum absolute atomic E-state index is 0.124. The molecular formula is C15H19N5. The Balaban J connectivity index is 2.01. The van der Waals surface area contributed by atoms with Gasteiger partial charge in [0.25, 0.3) is 0 Å². The first-order valence-corrected chi connectivity index (χ1v) is 6.86. The molecule has 1 aromatic carbocycles. The molecule has 0 saturated heterocycles. The van der Waals surface area contributed by atoms with E-state index >= 15 is 0 Å². The number of nitrogens with zero attached hydrogens (tertiary/aromatic N) is 4. The first-order chi connectivity index (χ1) is 9.70. The van der Waals surface area contributed by atoms with Crippen molar-refractivity contribution in [3.63, 3.8) is 0 Å². The second-order valence-corrected chi connectivity index (χ2v) is 5.03. The van der Waals surface area contributed by atoms with Crippen LogP contribution in [0.15, 0.2) is 41.8 Å². The quantitative estimate of drug-likeness (QED) is 0.928. The molecular weight excluding hydrogens is 250 g/mol. The molecule has 1 aliphatic rings. The Kier molecular flexibility index (Phi) is 3.18. The first-order valence-electron chi connectivity index (χ1n) is 6.86. The summed E-state index contributed by atoms with van der Waals surface area (Å²) in [5.74, 6) is 0.574. The van der Waals surface area contributed by atoms with Gasteiger partial charge in [0.15, 0.2) is 5.96 Å². The monoisotopic (exact) mass is 269 g/mol. The van der Waals surface area contributed by atoms with Gasteiger partial charge in [-0.1, -0.05) is 12.1 Å². The lowest BCUT2D eigenvalue weighted by Gasteiger charge is -2.27. The summed E-state index contributed by atoms with van der Waals surface area (Å²) in [5.41, 5.74) is 9.54. The highest BCUT2D eigenvalue weighted by molar-refractivity contribution is 5.97. The van der Waals surface area contributed by atoms with Crippen LogP contribution in [0.1, 0.15) is 24.2 Å². The van der Waals surface area contributed by atoms with Crippen molar-refractivity contribution in [3.05, 3.63) is 48.0 Å². The van der Waals surface area contributed by atoms with E-state index in [1.165, 1.54) is 5.56 Å². The summed E-state index contributed by atoms with van der Waals surface area (Å²) in [6.45, 7) is 5.76. The summed E-state index contributed by atoms with van der Waals surface area (Å²) in [5, 5.41) is 0. The topological polar surface area (TPSA) is 59.4 Å². The van der Waals surface area contributed by atoms with Crippen molar-refractivity contribution in [1.29, 1.82) is 0 Å². The van der Waals surface area contributed by atoms with E-state index in [0.29, 0.717) is 12.5 Å². The van der Waals surface area contributed by atoms with Gasteiger partial charge in [0.05, 0.1) is 30.8 Å². The van der Waals surface area contributed by atoms with Crippen molar-refractivity contribution in [2.24, 2.45) is 10.7 Å². The number of aliphatic imine (C=N–C) groups is 1. The van der Waals surface area contributed by atoms with Crippen LogP contribution in [-0.4, -0.2) is 22.1 Å². The number of nitrogens with two attached hydrogens (primary N) is 1. The molecule has 2 heterocycles. The summed E-state index contributed by atoms with van der Waals surface area (Å²) in [7, 11) is 0. The van der Waals surface area contributed by atoms with Crippen molar-refractivity contribution in [1.82, 2.24) is 9.55 Å². The van der Waals surface area contributed by atoms with E-state index in [4.69, 9.17) is 5.73 Å². The normalized spacial score (nSPS) is 18.4. The number of guanidine groups is 1. The summed E-state index contributed by atoms with van der Waals surface area (Å²) < 4.78 is 2.14.